The second-order valence-electron chi connectivity index (χ2n) is 5.45. The van der Waals surface area contributed by atoms with Crippen LogP contribution in [0.25, 0.3) is 10.9 Å². The Morgan fingerprint density at radius 3 is 3.11 bits per heavy atom. The SMILES string of the molecule is Cn1cc(CC2CNCCC2O)c2cc(Br)ccc21. The number of piperidine rings is 1. The second-order valence-corrected chi connectivity index (χ2v) is 6.37. The van der Waals surface area contributed by atoms with Crippen LogP contribution in [0, 0.1) is 5.92 Å². The Hall–Kier alpha value is -0.840. The molecule has 1 aromatic heterocycles. The largest absolute Gasteiger partial charge is 0.393 e. The molecule has 0 bridgehead atoms. The summed E-state index contributed by atoms with van der Waals surface area (Å²) in [4.78, 5) is 0. The van der Waals surface area contributed by atoms with E-state index in [9.17, 15) is 5.11 Å². The third-order valence-electron chi connectivity index (χ3n) is 4.08. The molecule has 1 saturated heterocycles. The molecule has 19 heavy (non-hydrogen) atoms. The van der Waals surface area contributed by atoms with Crippen LogP contribution in [-0.2, 0) is 13.5 Å². The number of aryl methyl sites for hydroxylation is 1. The summed E-state index contributed by atoms with van der Waals surface area (Å²) in [6.45, 7) is 1.84. The van der Waals surface area contributed by atoms with Gasteiger partial charge in [0.05, 0.1) is 6.10 Å². The molecule has 0 aliphatic carbocycles. The molecule has 0 amide bonds. The van der Waals surface area contributed by atoms with Gasteiger partial charge in [-0.3, -0.25) is 0 Å². The second kappa shape index (κ2) is 5.27. The lowest BCUT2D eigenvalue weighted by atomic mass is 9.89. The Morgan fingerprint density at radius 2 is 2.32 bits per heavy atom. The van der Waals surface area contributed by atoms with Crippen molar-refractivity contribution < 1.29 is 5.11 Å². The number of hydrogen-bond acceptors (Lipinski definition) is 2. The van der Waals surface area contributed by atoms with Crippen molar-refractivity contribution >= 4 is 26.8 Å². The molecule has 2 heterocycles. The highest BCUT2D eigenvalue weighted by molar-refractivity contribution is 9.10. The minimum atomic E-state index is -0.177. The van der Waals surface area contributed by atoms with Crippen molar-refractivity contribution in [2.24, 2.45) is 13.0 Å². The zero-order valence-electron chi connectivity index (χ0n) is 11.1. The predicted molar refractivity (Wildman–Crippen MR) is 81.3 cm³/mol. The number of fused-ring (bicyclic) bond motifs is 1. The first-order valence-electron chi connectivity index (χ1n) is 6.77. The van der Waals surface area contributed by atoms with Crippen molar-refractivity contribution in [1.29, 1.82) is 0 Å². The van der Waals surface area contributed by atoms with Crippen LogP contribution in [0.3, 0.4) is 0 Å². The Labute approximate surface area is 121 Å². The van der Waals surface area contributed by atoms with Gasteiger partial charge in [-0.2, -0.15) is 0 Å². The number of aliphatic hydroxyl groups excluding tert-OH is 1. The molecule has 4 heteroatoms. The van der Waals surface area contributed by atoms with Crippen LogP contribution in [0.15, 0.2) is 28.9 Å². The number of benzene rings is 1. The summed E-state index contributed by atoms with van der Waals surface area (Å²) in [5.41, 5.74) is 2.57. The molecule has 1 aromatic carbocycles. The van der Waals surface area contributed by atoms with Crippen LogP contribution in [0.2, 0.25) is 0 Å². The normalized spacial score (nSPS) is 23.9. The Balaban J connectivity index is 1.94. The summed E-state index contributed by atoms with van der Waals surface area (Å²) >= 11 is 3.54. The molecule has 102 valence electrons. The maximum absolute atomic E-state index is 10.1. The van der Waals surface area contributed by atoms with E-state index in [-0.39, 0.29) is 6.10 Å². The van der Waals surface area contributed by atoms with Crippen molar-refractivity contribution in [3.05, 3.63) is 34.4 Å². The van der Waals surface area contributed by atoms with E-state index in [1.807, 2.05) is 0 Å². The smallest absolute Gasteiger partial charge is 0.0595 e. The molecular weight excluding hydrogens is 304 g/mol. The zero-order chi connectivity index (χ0) is 13.4. The van der Waals surface area contributed by atoms with Crippen LogP contribution in [0.1, 0.15) is 12.0 Å². The fourth-order valence-electron chi connectivity index (χ4n) is 3.01. The van der Waals surface area contributed by atoms with Crippen LogP contribution in [-0.4, -0.2) is 28.9 Å². The van der Waals surface area contributed by atoms with Gasteiger partial charge in [0.25, 0.3) is 0 Å². The topological polar surface area (TPSA) is 37.2 Å². The van der Waals surface area contributed by atoms with Gasteiger partial charge in [-0.15, -0.1) is 0 Å². The van der Waals surface area contributed by atoms with Gasteiger partial charge in [-0.25, -0.2) is 0 Å². The Kier molecular flexibility index (Phi) is 3.65. The van der Waals surface area contributed by atoms with Gasteiger partial charge >= 0.3 is 0 Å². The molecule has 0 saturated carbocycles. The van der Waals surface area contributed by atoms with Crippen LogP contribution < -0.4 is 5.32 Å². The summed E-state index contributed by atoms with van der Waals surface area (Å²) in [6, 6.07) is 6.38. The van der Waals surface area contributed by atoms with Crippen molar-refractivity contribution in [3.63, 3.8) is 0 Å². The minimum absolute atomic E-state index is 0.177. The van der Waals surface area contributed by atoms with Crippen molar-refractivity contribution in [2.75, 3.05) is 13.1 Å². The molecule has 0 spiro atoms. The monoisotopic (exact) mass is 322 g/mol. The molecule has 2 unspecified atom stereocenters. The zero-order valence-corrected chi connectivity index (χ0v) is 12.7. The standard InChI is InChI=1S/C15H19BrN2O/c1-18-9-11(6-10-8-17-5-4-15(10)19)13-7-12(16)2-3-14(13)18/h2-3,7,9-10,15,17,19H,4-6,8H2,1H3. The van der Waals surface area contributed by atoms with E-state index in [2.05, 4.69) is 57.3 Å². The Bertz CT molecular complexity index is 593. The first-order valence-corrected chi connectivity index (χ1v) is 7.56. The van der Waals surface area contributed by atoms with Gasteiger partial charge in [-0.05, 0) is 43.1 Å². The van der Waals surface area contributed by atoms with E-state index in [4.69, 9.17) is 0 Å². The third-order valence-corrected chi connectivity index (χ3v) is 4.58. The first-order chi connectivity index (χ1) is 9.15. The number of halogens is 1. The molecule has 0 radical (unpaired) electrons. The molecule has 2 N–H and O–H groups in total. The van der Waals surface area contributed by atoms with Crippen LogP contribution >= 0.6 is 15.9 Å². The lowest BCUT2D eigenvalue weighted by Gasteiger charge is -2.28. The Morgan fingerprint density at radius 1 is 1.47 bits per heavy atom. The molecular formula is C15H19BrN2O. The summed E-state index contributed by atoms with van der Waals surface area (Å²) in [5, 5.41) is 14.8. The molecule has 1 fully saturated rings. The van der Waals surface area contributed by atoms with Gasteiger partial charge in [0, 0.05) is 41.1 Å². The highest BCUT2D eigenvalue weighted by atomic mass is 79.9. The highest BCUT2D eigenvalue weighted by Crippen LogP contribution is 2.27. The highest BCUT2D eigenvalue weighted by Gasteiger charge is 2.24. The molecule has 3 nitrogen and oxygen atoms in total. The predicted octanol–water partition coefficient (Wildman–Crippen LogP) is 2.45. The van der Waals surface area contributed by atoms with Gasteiger partial charge < -0.3 is 15.0 Å². The molecule has 3 rings (SSSR count). The molecule has 2 aromatic rings. The van der Waals surface area contributed by atoms with E-state index >= 15 is 0 Å². The average molecular weight is 323 g/mol. The maximum atomic E-state index is 10.1. The van der Waals surface area contributed by atoms with Gasteiger partial charge in [-0.1, -0.05) is 15.9 Å². The fraction of sp³-hybridized carbons (Fsp3) is 0.467. The van der Waals surface area contributed by atoms with Crippen molar-refractivity contribution in [1.82, 2.24) is 9.88 Å². The van der Waals surface area contributed by atoms with Gasteiger partial charge in [0.2, 0.25) is 0 Å². The first kappa shape index (κ1) is 13.2. The number of nitrogens with zero attached hydrogens (tertiary/aromatic N) is 1. The summed E-state index contributed by atoms with van der Waals surface area (Å²) < 4.78 is 3.27. The summed E-state index contributed by atoms with van der Waals surface area (Å²) in [7, 11) is 2.08. The number of nitrogens with one attached hydrogen (secondary N) is 1. The van der Waals surface area contributed by atoms with Crippen LogP contribution in [0.4, 0.5) is 0 Å². The lowest BCUT2D eigenvalue weighted by Crippen LogP contribution is -2.40. The average Bonchev–Trinajstić information content (AvgIpc) is 2.69. The molecule has 1 aliphatic rings. The van der Waals surface area contributed by atoms with Gasteiger partial charge in [0.15, 0.2) is 0 Å². The van der Waals surface area contributed by atoms with E-state index < -0.39 is 0 Å². The third kappa shape index (κ3) is 2.57. The maximum Gasteiger partial charge on any atom is 0.0595 e. The number of rotatable bonds is 2. The van der Waals surface area contributed by atoms with E-state index in [0.717, 1.165) is 30.4 Å². The quantitative estimate of drug-likeness (QED) is 0.891. The van der Waals surface area contributed by atoms with E-state index in [1.54, 1.807) is 0 Å². The minimum Gasteiger partial charge on any atom is -0.393 e. The number of hydrogen-bond donors (Lipinski definition) is 2. The van der Waals surface area contributed by atoms with Gasteiger partial charge in [0.1, 0.15) is 0 Å². The fourth-order valence-corrected chi connectivity index (χ4v) is 3.37. The van der Waals surface area contributed by atoms with Crippen LogP contribution in [0.5, 0.6) is 0 Å². The number of aromatic nitrogens is 1. The molecule has 2 atom stereocenters. The number of aliphatic hydroxyl groups is 1. The van der Waals surface area contributed by atoms with E-state index in [0.29, 0.717) is 5.92 Å². The summed E-state index contributed by atoms with van der Waals surface area (Å²) in [6.07, 6.45) is 3.81. The van der Waals surface area contributed by atoms with Crippen molar-refractivity contribution in [2.45, 2.75) is 18.9 Å². The molecule has 1 aliphatic heterocycles. The van der Waals surface area contributed by atoms with E-state index in [1.165, 1.54) is 16.5 Å². The lowest BCUT2D eigenvalue weighted by molar-refractivity contribution is 0.0793. The summed E-state index contributed by atoms with van der Waals surface area (Å²) in [5.74, 6) is 0.318. The van der Waals surface area contributed by atoms with Crippen molar-refractivity contribution in [3.8, 4) is 0 Å².